The molecule has 0 aliphatic carbocycles. The van der Waals surface area contributed by atoms with E-state index < -0.39 is 11.5 Å². The van der Waals surface area contributed by atoms with Crippen molar-refractivity contribution >= 4 is 11.9 Å². The van der Waals surface area contributed by atoms with Crippen molar-refractivity contribution in [3.05, 3.63) is 36.4 Å². The monoisotopic (exact) mass is 331 g/mol. The van der Waals surface area contributed by atoms with Gasteiger partial charge in [-0.25, -0.2) is 0 Å². The number of aromatic nitrogens is 4. The van der Waals surface area contributed by atoms with Crippen LogP contribution in [0, 0.1) is 5.92 Å². The van der Waals surface area contributed by atoms with Gasteiger partial charge < -0.3 is 14.6 Å². The van der Waals surface area contributed by atoms with Crippen LogP contribution in [0.4, 0.5) is 0 Å². The predicted octanol–water partition coefficient (Wildman–Crippen LogP) is 1.06. The van der Waals surface area contributed by atoms with Crippen molar-refractivity contribution in [2.24, 2.45) is 5.92 Å². The molecule has 24 heavy (non-hydrogen) atoms. The van der Waals surface area contributed by atoms with Gasteiger partial charge in [-0.2, -0.15) is 15.4 Å². The molecule has 8 nitrogen and oxygen atoms in total. The molecule has 1 amide bonds. The summed E-state index contributed by atoms with van der Waals surface area (Å²) in [6, 6.07) is 3.76. The van der Waals surface area contributed by atoms with Crippen molar-refractivity contribution in [1.82, 2.24) is 24.9 Å². The van der Waals surface area contributed by atoms with Crippen molar-refractivity contribution in [3.63, 3.8) is 0 Å². The Morgan fingerprint density at radius 1 is 1.33 bits per heavy atom. The largest absolute Gasteiger partial charge is 0.481 e. The van der Waals surface area contributed by atoms with E-state index >= 15 is 0 Å². The van der Waals surface area contributed by atoms with Gasteiger partial charge in [0, 0.05) is 31.4 Å². The van der Waals surface area contributed by atoms with Crippen molar-refractivity contribution in [3.8, 4) is 0 Å². The van der Waals surface area contributed by atoms with Crippen LogP contribution >= 0.6 is 0 Å². The van der Waals surface area contributed by atoms with E-state index in [1.807, 2.05) is 42.9 Å². The molecule has 2 N–H and O–H groups in total. The molecule has 1 aliphatic rings. The van der Waals surface area contributed by atoms with Crippen LogP contribution in [0.2, 0.25) is 0 Å². The molecule has 0 bridgehead atoms. The normalized spacial score (nSPS) is 21.2. The van der Waals surface area contributed by atoms with E-state index in [2.05, 4.69) is 15.4 Å². The highest BCUT2D eigenvalue weighted by molar-refractivity contribution is 5.84. The molecule has 0 radical (unpaired) electrons. The number of carbonyl (C=O) groups excluding carboxylic acids is 1. The predicted molar refractivity (Wildman–Crippen MR) is 85.2 cm³/mol. The molecule has 1 saturated heterocycles. The second kappa shape index (κ2) is 6.10. The number of nitrogens with one attached hydrogen (secondary N) is 1. The third kappa shape index (κ3) is 2.91. The molecule has 8 heteroatoms. The van der Waals surface area contributed by atoms with E-state index in [0.29, 0.717) is 18.8 Å². The van der Waals surface area contributed by atoms with Gasteiger partial charge >= 0.3 is 5.97 Å². The summed E-state index contributed by atoms with van der Waals surface area (Å²) in [5.41, 5.74) is -0.0222. The summed E-state index contributed by atoms with van der Waals surface area (Å²) in [7, 11) is 0. The fourth-order valence-electron chi connectivity index (χ4n) is 3.40. The number of H-pyrrole nitrogens is 1. The van der Waals surface area contributed by atoms with E-state index in [1.165, 1.54) is 0 Å². The van der Waals surface area contributed by atoms with Crippen LogP contribution in [0.5, 0.6) is 0 Å². The number of hydrogen-bond donors (Lipinski definition) is 2. The molecule has 0 unspecified atom stereocenters. The average Bonchev–Trinajstić information content (AvgIpc) is 3.26. The van der Waals surface area contributed by atoms with Crippen LogP contribution in [-0.2, 0) is 15.1 Å². The van der Waals surface area contributed by atoms with Crippen LogP contribution in [0.1, 0.15) is 31.9 Å². The van der Waals surface area contributed by atoms with Gasteiger partial charge in [-0.05, 0) is 31.9 Å². The van der Waals surface area contributed by atoms with Crippen molar-refractivity contribution in [2.45, 2.75) is 31.7 Å². The maximum atomic E-state index is 13.0. The lowest BCUT2D eigenvalue weighted by Crippen LogP contribution is -2.45. The van der Waals surface area contributed by atoms with Gasteiger partial charge in [0.05, 0.1) is 18.3 Å². The van der Waals surface area contributed by atoms with Crippen LogP contribution in [0.25, 0.3) is 0 Å². The topological polar surface area (TPSA) is 104 Å². The van der Waals surface area contributed by atoms with Crippen LogP contribution in [-0.4, -0.2) is 55.0 Å². The molecule has 3 heterocycles. The molecule has 3 rings (SSSR count). The van der Waals surface area contributed by atoms with E-state index in [1.54, 1.807) is 11.1 Å². The highest BCUT2D eigenvalue weighted by atomic mass is 16.4. The van der Waals surface area contributed by atoms with E-state index in [0.717, 1.165) is 0 Å². The third-order valence-electron chi connectivity index (χ3n) is 4.75. The van der Waals surface area contributed by atoms with Crippen molar-refractivity contribution in [1.29, 1.82) is 0 Å². The molecule has 2 aromatic rings. The molecule has 1 fully saturated rings. The number of rotatable bonds is 5. The number of likely N-dealkylation sites (tertiary alicyclic amines) is 1. The van der Waals surface area contributed by atoms with Crippen LogP contribution in [0.15, 0.2) is 30.7 Å². The zero-order chi connectivity index (χ0) is 17.3. The van der Waals surface area contributed by atoms with Crippen molar-refractivity contribution in [2.75, 3.05) is 13.1 Å². The summed E-state index contributed by atoms with van der Waals surface area (Å²) in [5.74, 6) is -1.19. The third-order valence-corrected chi connectivity index (χ3v) is 4.75. The number of amides is 1. The smallest absolute Gasteiger partial charge is 0.303 e. The zero-order valence-corrected chi connectivity index (χ0v) is 13.7. The van der Waals surface area contributed by atoms with E-state index in [4.69, 9.17) is 0 Å². The van der Waals surface area contributed by atoms with Gasteiger partial charge in [0.25, 0.3) is 0 Å². The maximum absolute atomic E-state index is 13.0. The summed E-state index contributed by atoms with van der Waals surface area (Å²) in [4.78, 5) is 25.9. The second-order valence-corrected chi connectivity index (χ2v) is 6.72. The molecule has 2 atom stereocenters. The quantitative estimate of drug-likeness (QED) is 0.852. The number of carboxylic acids is 1. The first-order chi connectivity index (χ1) is 11.4. The number of hydrogen-bond acceptors (Lipinski definition) is 4. The Bertz CT molecular complexity index is 708. The first-order valence-corrected chi connectivity index (χ1v) is 7.90. The Hall–Kier alpha value is -2.64. The number of carboxylic acid groups (broad SMARTS) is 1. The minimum Gasteiger partial charge on any atom is -0.481 e. The molecule has 0 spiro atoms. The van der Waals surface area contributed by atoms with Gasteiger partial charge in [-0.15, -0.1) is 0 Å². The van der Waals surface area contributed by atoms with Gasteiger partial charge in [0.2, 0.25) is 5.91 Å². The Balaban J connectivity index is 1.82. The summed E-state index contributed by atoms with van der Waals surface area (Å²) >= 11 is 0. The van der Waals surface area contributed by atoms with Crippen LogP contribution < -0.4 is 0 Å². The molecular formula is C16H21N5O3. The summed E-state index contributed by atoms with van der Waals surface area (Å²) in [5, 5.41) is 19.6. The lowest BCUT2D eigenvalue weighted by Gasteiger charge is -2.31. The highest BCUT2D eigenvalue weighted by Gasteiger charge is 2.43. The molecule has 2 aromatic heterocycles. The lowest BCUT2D eigenvalue weighted by molar-refractivity contribution is -0.140. The first kappa shape index (κ1) is 16.2. The summed E-state index contributed by atoms with van der Waals surface area (Å²) < 4.78 is 1.87. The molecule has 128 valence electrons. The lowest BCUT2D eigenvalue weighted by atomic mass is 9.91. The Labute approximate surface area is 139 Å². The minimum absolute atomic E-state index is 0.00521. The summed E-state index contributed by atoms with van der Waals surface area (Å²) in [6.07, 6.45) is 5.32. The Morgan fingerprint density at radius 2 is 2.04 bits per heavy atom. The van der Waals surface area contributed by atoms with Gasteiger partial charge in [-0.3, -0.25) is 9.59 Å². The minimum atomic E-state index is -0.868. The average molecular weight is 331 g/mol. The fourth-order valence-corrected chi connectivity index (χ4v) is 3.40. The SMILES string of the molecule is CC(C)(C(=O)N1C[C@H](CC(=O)O)[C@H](c2cn[nH]n2)C1)n1cccc1. The number of carbonyl (C=O) groups is 2. The second-order valence-electron chi connectivity index (χ2n) is 6.72. The highest BCUT2D eigenvalue weighted by Crippen LogP contribution is 2.35. The van der Waals surface area contributed by atoms with Gasteiger partial charge in [-0.1, -0.05) is 0 Å². The zero-order valence-electron chi connectivity index (χ0n) is 13.7. The summed E-state index contributed by atoms with van der Waals surface area (Å²) in [6.45, 7) is 4.59. The van der Waals surface area contributed by atoms with Crippen LogP contribution in [0.3, 0.4) is 0 Å². The molecular weight excluding hydrogens is 310 g/mol. The molecule has 0 aromatic carbocycles. The van der Waals surface area contributed by atoms with Gasteiger partial charge in [0.15, 0.2) is 0 Å². The van der Waals surface area contributed by atoms with E-state index in [-0.39, 0.29) is 24.2 Å². The fraction of sp³-hybridized carbons (Fsp3) is 0.500. The first-order valence-electron chi connectivity index (χ1n) is 7.90. The molecule has 0 saturated carbocycles. The number of aliphatic carboxylic acids is 1. The van der Waals surface area contributed by atoms with E-state index in [9.17, 15) is 14.7 Å². The standard InChI is InChI=1S/C16H21N5O3/c1-16(2,21-5-3-4-6-21)15(24)20-9-11(7-14(22)23)12(10-20)13-8-17-19-18-13/h3-6,8,11-12H,7,9-10H2,1-2H3,(H,22,23)(H,17,18,19)/t11-,12+/m0/s1. The van der Waals surface area contributed by atoms with Crippen molar-refractivity contribution < 1.29 is 14.7 Å². The Kier molecular flexibility index (Phi) is 4.13. The maximum Gasteiger partial charge on any atom is 0.303 e. The molecule has 1 aliphatic heterocycles. The van der Waals surface area contributed by atoms with Gasteiger partial charge in [0.1, 0.15) is 5.54 Å². The Morgan fingerprint density at radius 3 is 2.62 bits per heavy atom. The number of nitrogens with zero attached hydrogens (tertiary/aromatic N) is 4. The number of aromatic amines is 1.